The van der Waals surface area contributed by atoms with Crippen LogP contribution in [0.25, 0.3) is 10.9 Å². The molecule has 3 aliphatic heterocycles. The number of quaternary nitrogens is 1. The van der Waals surface area contributed by atoms with Crippen molar-refractivity contribution in [1.82, 2.24) is 4.98 Å². The molecule has 35 heavy (non-hydrogen) atoms. The van der Waals surface area contributed by atoms with Crippen LogP contribution in [0, 0.1) is 11.8 Å². The van der Waals surface area contributed by atoms with Crippen molar-refractivity contribution in [1.29, 1.82) is 0 Å². The monoisotopic (exact) mass is 471 g/mol. The van der Waals surface area contributed by atoms with Crippen LogP contribution in [0.3, 0.4) is 0 Å². The van der Waals surface area contributed by atoms with Crippen LogP contribution in [0.5, 0.6) is 5.75 Å². The zero-order valence-corrected chi connectivity index (χ0v) is 21.6. The van der Waals surface area contributed by atoms with E-state index in [2.05, 4.69) is 62.7 Å². The van der Waals surface area contributed by atoms with E-state index in [4.69, 9.17) is 4.74 Å². The van der Waals surface area contributed by atoms with Crippen LogP contribution >= 0.6 is 0 Å². The molecule has 0 saturated carbocycles. The Bertz CT molecular complexity index is 1210. The summed E-state index contributed by atoms with van der Waals surface area (Å²) in [7, 11) is 1.68. The summed E-state index contributed by atoms with van der Waals surface area (Å²) in [5.41, 5.74) is 4.70. The second-order valence-electron chi connectivity index (χ2n) is 11.7. The highest BCUT2D eigenvalue weighted by molar-refractivity contribution is 5.83. The number of hydrogen-bond acceptors (Lipinski definition) is 3. The van der Waals surface area contributed by atoms with Gasteiger partial charge in [-0.1, -0.05) is 51.1 Å². The first-order valence-electron chi connectivity index (χ1n) is 12.9. The van der Waals surface area contributed by atoms with Gasteiger partial charge in [0.15, 0.2) is 0 Å². The van der Waals surface area contributed by atoms with E-state index in [9.17, 15) is 5.11 Å². The average Bonchev–Trinajstić information content (AvgIpc) is 2.87. The van der Waals surface area contributed by atoms with Gasteiger partial charge in [0.05, 0.1) is 25.7 Å². The summed E-state index contributed by atoms with van der Waals surface area (Å²) < 4.78 is 6.40. The Morgan fingerprint density at radius 2 is 1.94 bits per heavy atom. The lowest BCUT2D eigenvalue weighted by Crippen LogP contribution is -2.67. The summed E-state index contributed by atoms with van der Waals surface area (Å²) in [6.07, 6.45) is 5.65. The number of rotatable bonds is 6. The van der Waals surface area contributed by atoms with Crippen molar-refractivity contribution in [2.24, 2.45) is 11.8 Å². The molecule has 3 fully saturated rings. The van der Waals surface area contributed by atoms with Crippen LogP contribution in [-0.4, -0.2) is 40.8 Å². The lowest BCUT2D eigenvalue weighted by Gasteiger charge is -2.58. The number of fused-ring (bicyclic) bond motifs is 4. The fraction of sp³-hybridized carbons (Fsp3) is 0.452. The van der Waals surface area contributed by atoms with Gasteiger partial charge in [0.2, 0.25) is 0 Å². The molecule has 2 bridgehead atoms. The Kier molecular flexibility index (Phi) is 6.23. The molecule has 3 aromatic rings. The Labute approximate surface area is 209 Å². The predicted octanol–water partition coefficient (Wildman–Crippen LogP) is 6.19. The van der Waals surface area contributed by atoms with Gasteiger partial charge in [0.25, 0.3) is 0 Å². The maximum absolute atomic E-state index is 12.0. The molecular weight excluding hydrogens is 432 g/mol. The van der Waals surface area contributed by atoms with Gasteiger partial charge >= 0.3 is 0 Å². The third kappa shape index (κ3) is 4.39. The maximum atomic E-state index is 12.0. The van der Waals surface area contributed by atoms with Crippen molar-refractivity contribution in [3.63, 3.8) is 0 Å². The zero-order valence-electron chi connectivity index (χ0n) is 21.6. The molecule has 0 spiro atoms. The van der Waals surface area contributed by atoms with E-state index in [1.54, 1.807) is 7.11 Å². The van der Waals surface area contributed by atoms with Crippen molar-refractivity contribution in [3.05, 3.63) is 84.1 Å². The molecule has 0 amide bonds. The maximum Gasteiger partial charge on any atom is 0.131 e. The van der Waals surface area contributed by atoms with Gasteiger partial charge in [-0.05, 0) is 46.7 Å². The topological polar surface area (TPSA) is 42.4 Å². The van der Waals surface area contributed by atoms with Gasteiger partial charge in [0.1, 0.15) is 24.4 Å². The second kappa shape index (κ2) is 9.07. The third-order valence-electron chi connectivity index (χ3n) is 8.66. The normalized spacial score (nSPS) is 27.1. The van der Waals surface area contributed by atoms with Crippen molar-refractivity contribution in [3.8, 4) is 5.75 Å². The van der Waals surface area contributed by atoms with E-state index >= 15 is 0 Å². The molecule has 3 saturated heterocycles. The van der Waals surface area contributed by atoms with Gasteiger partial charge in [-0.15, -0.1) is 6.58 Å². The number of aliphatic hydroxyl groups excluding tert-OH is 1. The van der Waals surface area contributed by atoms with Crippen LogP contribution < -0.4 is 4.74 Å². The molecule has 4 heterocycles. The minimum absolute atomic E-state index is 0.143. The molecule has 1 aromatic heterocycles. The van der Waals surface area contributed by atoms with Crippen molar-refractivity contribution in [2.75, 3.05) is 20.2 Å². The number of pyridine rings is 1. The van der Waals surface area contributed by atoms with E-state index in [1.165, 1.54) is 17.5 Å². The number of benzene rings is 2. The summed E-state index contributed by atoms with van der Waals surface area (Å²) >= 11 is 0. The van der Waals surface area contributed by atoms with Gasteiger partial charge in [-0.3, -0.25) is 4.98 Å². The van der Waals surface area contributed by atoms with Gasteiger partial charge in [0, 0.05) is 35.9 Å². The summed E-state index contributed by atoms with van der Waals surface area (Å²) in [5, 5.41) is 13.0. The van der Waals surface area contributed by atoms with Crippen molar-refractivity contribution >= 4 is 10.9 Å². The Hall–Kier alpha value is -2.69. The first kappa shape index (κ1) is 24.0. The summed E-state index contributed by atoms with van der Waals surface area (Å²) in [4.78, 5) is 4.55. The van der Waals surface area contributed by atoms with Crippen LogP contribution in [0.4, 0.5) is 0 Å². The second-order valence-corrected chi connectivity index (χ2v) is 11.7. The first-order valence-corrected chi connectivity index (χ1v) is 12.9. The predicted molar refractivity (Wildman–Crippen MR) is 142 cm³/mol. The number of nitrogens with zero attached hydrogens (tertiary/aromatic N) is 2. The highest BCUT2D eigenvalue weighted by Gasteiger charge is 2.54. The van der Waals surface area contributed by atoms with E-state index < -0.39 is 6.10 Å². The Morgan fingerprint density at radius 1 is 1.17 bits per heavy atom. The highest BCUT2D eigenvalue weighted by atomic mass is 16.5. The fourth-order valence-corrected chi connectivity index (χ4v) is 6.59. The van der Waals surface area contributed by atoms with Crippen LogP contribution in [0.2, 0.25) is 0 Å². The fourth-order valence-electron chi connectivity index (χ4n) is 6.59. The Balaban J connectivity index is 1.52. The van der Waals surface area contributed by atoms with Gasteiger partial charge < -0.3 is 14.3 Å². The molecule has 3 aliphatic rings. The van der Waals surface area contributed by atoms with Crippen LogP contribution in [0.1, 0.15) is 56.4 Å². The lowest BCUT2D eigenvalue weighted by atomic mass is 9.71. The number of aromatic nitrogens is 1. The van der Waals surface area contributed by atoms with E-state index in [1.807, 2.05) is 30.5 Å². The molecule has 6 rings (SSSR count). The molecule has 1 N–H and O–H groups in total. The lowest BCUT2D eigenvalue weighted by molar-refractivity contribution is -0.984. The minimum atomic E-state index is -0.560. The summed E-state index contributed by atoms with van der Waals surface area (Å²) in [6.45, 7) is 14.0. The highest BCUT2D eigenvalue weighted by Crippen LogP contribution is 2.48. The van der Waals surface area contributed by atoms with Crippen LogP contribution in [-0.2, 0) is 12.0 Å². The SMILES string of the molecule is C=CC1C[N+]2(Cc3ccc(C(C)(C)C)cc3)CCC1CC2[C@H](O)c1ccnc2ccc(OC)cc12. The minimum Gasteiger partial charge on any atom is -0.497 e. The quantitative estimate of drug-likeness (QED) is 0.344. The van der Waals surface area contributed by atoms with E-state index in [-0.39, 0.29) is 11.5 Å². The number of piperidine rings is 3. The van der Waals surface area contributed by atoms with Gasteiger partial charge in [-0.2, -0.15) is 0 Å². The smallest absolute Gasteiger partial charge is 0.131 e. The van der Waals surface area contributed by atoms with Crippen molar-refractivity contribution < 1.29 is 14.3 Å². The largest absolute Gasteiger partial charge is 0.497 e. The molecule has 0 radical (unpaired) electrons. The van der Waals surface area contributed by atoms with Crippen LogP contribution in [0.15, 0.2) is 67.4 Å². The number of ether oxygens (including phenoxy) is 1. The molecule has 184 valence electrons. The van der Waals surface area contributed by atoms with Crippen molar-refractivity contribution in [2.45, 2.75) is 57.7 Å². The van der Waals surface area contributed by atoms with E-state index in [0.717, 1.165) is 52.8 Å². The van der Waals surface area contributed by atoms with E-state index in [0.29, 0.717) is 11.8 Å². The zero-order chi connectivity index (χ0) is 24.8. The molecule has 4 nitrogen and oxygen atoms in total. The summed E-state index contributed by atoms with van der Waals surface area (Å²) in [6, 6.07) is 17.2. The van der Waals surface area contributed by atoms with Gasteiger partial charge in [-0.25, -0.2) is 0 Å². The standard InChI is InChI=1S/C31H39N2O2/c1-6-22-20-33(19-21-7-9-24(10-8-21)31(2,3)4)16-14-23(22)17-29(33)30(34)26-13-15-32-28-12-11-25(35-5)18-27(26)28/h6-13,15,18,22-23,29-30,34H,1,14,16-17,19-20H2,2-5H3/q+1/t22?,23?,29?,30-,33?/m1/s1. The molecule has 2 aromatic carbocycles. The average molecular weight is 472 g/mol. The number of methoxy groups -OCH3 is 1. The molecular formula is C31H39N2O2+. The third-order valence-corrected chi connectivity index (χ3v) is 8.66. The Morgan fingerprint density at radius 3 is 2.63 bits per heavy atom. The number of aliphatic hydroxyl groups is 1. The first-order chi connectivity index (χ1) is 16.7. The molecule has 4 unspecified atom stereocenters. The summed E-state index contributed by atoms with van der Waals surface area (Å²) in [5.74, 6) is 1.90. The molecule has 4 heteroatoms. The number of hydrogen-bond donors (Lipinski definition) is 1. The molecule has 5 atom stereocenters. The molecule has 0 aliphatic carbocycles.